The maximum absolute atomic E-state index is 12.9. The van der Waals surface area contributed by atoms with Crippen LogP contribution in [0.2, 0.25) is 0 Å². The minimum Gasteiger partial charge on any atom is -0.293 e. The van der Waals surface area contributed by atoms with Gasteiger partial charge < -0.3 is 0 Å². The fourth-order valence-corrected chi connectivity index (χ4v) is 4.34. The van der Waals surface area contributed by atoms with Crippen molar-refractivity contribution in [3.8, 4) is 10.4 Å². The first kappa shape index (κ1) is 18.1. The van der Waals surface area contributed by atoms with E-state index in [0.717, 1.165) is 59.0 Å². The summed E-state index contributed by atoms with van der Waals surface area (Å²) >= 11 is 1.54. The number of alkyl halides is 3. The van der Waals surface area contributed by atoms with Gasteiger partial charge in [0.15, 0.2) is 0 Å². The molecule has 0 N–H and O–H groups in total. The first-order valence-electron chi connectivity index (χ1n) is 8.68. The molecule has 0 bridgehead atoms. The number of benzene rings is 1. The van der Waals surface area contributed by atoms with E-state index in [1.807, 2.05) is 25.3 Å². The van der Waals surface area contributed by atoms with Gasteiger partial charge in [0.25, 0.3) is 0 Å². The molecule has 0 fully saturated rings. The lowest BCUT2D eigenvalue weighted by atomic mass is 10.1. The second kappa shape index (κ2) is 7.05. The predicted octanol–water partition coefficient (Wildman–Crippen LogP) is 5.09. The molecule has 0 saturated heterocycles. The Hall–Kier alpha value is -2.25. The van der Waals surface area contributed by atoms with E-state index >= 15 is 0 Å². The summed E-state index contributed by atoms with van der Waals surface area (Å²) in [7, 11) is 0. The second-order valence-electron chi connectivity index (χ2n) is 6.69. The zero-order valence-electron chi connectivity index (χ0n) is 14.8. The number of aromatic nitrogens is 2. The number of fused-ring (bicyclic) bond motifs is 1. The third-order valence-electron chi connectivity index (χ3n) is 4.65. The standard InChI is InChI=1S/C20H18F3N3S/c1-13-24-10-15-11-26(8-7-18(15)25-13)12-17-5-6-19(27-17)14-3-2-4-16(9-14)20(21,22)23/h2-6,9-10H,7-8,11-12H2,1H3. The van der Waals surface area contributed by atoms with Crippen molar-refractivity contribution in [3.05, 3.63) is 70.1 Å². The summed E-state index contributed by atoms with van der Waals surface area (Å²) in [5, 5.41) is 0. The Kier molecular flexibility index (Phi) is 4.74. The molecule has 0 saturated carbocycles. The summed E-state index contributed by atoms with van der Waals surface area (Å²) in [6.07, 6.45) is -1.53. The zero-order valence-corrected chi connectivity index (χ0v) is 15.6. The fraction of sp³-hybridized carbons (Fsp3) is 0.300. The van der Waals surface area contributed by atoms with Gasteiger partial charge in [0.05, 0.1) is 5.56 Å². The number of hydrogen-bond acceptors (Lipinski definition) is 4. The smallest absolute Gasteiger partial charge is 0.293 e. The highest BCUT2D eigenvalue weighted by Crippen LogP contribution is 2.35. The molecule has 0 unspecified atom stereocenters. The van der Waals surface area contributed by atoms with Crippen LogP contribution in [-0.2, 0) is 25.7 Å². The lowest BCUT2D eigenvalue weighted by Gasteiger charge is -2.27. The summed E-state index contributed by atoms with van der Waals surface area (Å²) in [5.74, 6) is 0.797. The Morgan fingerprint density at radius 3 is 2.85 bits per heavy atom. The van der Waals surface area contributed by atoms with Crippen LogP contribution in [-0.4, -0.2) is 21.4 Å². The molecule has 0 aliphatic carbocycles. The Balaban J connectivity index is 1.48. The molecule has 1 aliphatic rings. The lowest BCUT2D eigenvalue weighted by Crippen LogP contribution is -2.30. The minimum atomic E-state index is -4.32. The van der Waals surface area contributed by atoms with Crippen molar-refractivity contribution in [1.29, 1.82) is 0 Å². The van der Waals surface area contributed by atoms with Crippen LogP contribution in [0.15, 0.2) is 42.6 Å². The third-order valence-corrected chi connectivity index (χ3v) is 5.77. The van der Waals surface area contributed by atoms with Gasteiger partial charge in [0.2, 0.25) is 0 Å². The van der Waals surface area contributed by atoms with Crippen LogP contribution in [0.5, 0.6) is 0 Å². The summed E-state index contributed by atoms with van der Waals surface area (Å²) in [5.41, 5.74) is 2.27. The Morgan fingerprint density at radius 1 is 1.19 bits per heavy atom. The van der Waals surface area contributed by atoms with Crippen LogP contribution in [0.3, 0.4) is 0 Å². The molecule has 0 amide bonds. The van der Waals surface area contributed by atoms with Gasteiger partial charge in [-0.05, 0) is 36.8 Å². The highest BCUT2D eigenvalue weighted by Gasteiger charge is 2.30. The van der Waals surface area contributed by atoms with Crippen molar-refractivity contribution in [1.82, 2.24) is 14.9 Å². The highest BCUT2D eigenvalue weighted by atomic mass is 32.1. The van der Waals surface area contributed by atoms with Crippen molar-refractivity contribution in [2.45, 2.75) is 32.6 Å². The molecular formula is C20H18F3N3S. The topological polar surface area (TPSA) is 29.0 Å². The summed E-state index contributed by atoms with van der Waals surface area (Å²) < 4.78 is 38.8. The van der Waals surface area contributed by atoms with Gasteiger partial charge in [-0.15, -0.1) is 11.3 Å². The van der Waals surface area contributed by atoms with E-state index < -0.39 is 11.7 Å². The summed E-state index contributed by atoms with van der Waals surface area (Å²) in [4.78, 5) is 13.1. The maximum atomic E-state index is 12.9. The van der Waals surface area contributed by atoms with Crippen LogP contribution in [0.1, 0.15) is 27.5 Å². The molecule has 3 heterocycles. The molecule has 0 atom stereocenters. The minimum absolute atomic E-state index is 0.605. The van der Waals surface area contributed by atoms with Gasteiger partial charge in [-0.25, -0.2) is 9.97 Å². The van der Waals surface area contributed by atoms with E-state index in [-0.39, 0.29) is 0 Å². The highest BCUT2D eigenvalue weighted by molar-refractivity contribution is 7.15. The van der Waals surface area contributed by atoms with E-state index in [0.29, 0.717) is 5.56 Å². The number of nitrogens with zero attached hydrogens (tertiary/aromatic N) is 3. The van der Waals surface area contributed by atoms with E-state index in [1.165, 1.54) is 12.1 Å². The summed E-state index contributed by atoms with van der Waals surface area (Å²) in [6.45, 7) is 4.39. The normalized spacial score (nSPS) is 15.0. The van der Waals surface area contributed by atoms with Crippen molar-refractivity contribution >= 4 is 11.3 Å². The van der Waals surface area contributed by atoms with Crippen LogP contribution in [0, 0.1) is 6.92 Å². The predicted molar refractivity (Wildman–Crippen MR) is 99.3 cm³/mol. The molecule has 4 rings (SSSR count). The monoisotopic (exact) mass is 389 g/mol. The van der Waals surface area contributed by atoms with Gasteiger partial charge in [0.1, 0.15) is 5.82 Å². The number of aryl methyl sites for hydroxylation is 1. The Morgan fingerprint density at radius 2 is 2.04 bits per heavy atom. The second-order valence-corrected chi connectivity index (χ2v) is 7.86. The van der Waals surface area contributed by atoms with Gasteiger partial charge in [-0.1, -0.05) is 12.1 Å². The Labute approximate surface area is 159 Å². The van der Waals surface area contributed by atoms with E-state index in [9.17, 15) is 13.2 Å². The molecule has 3 nitrogen and oxygen atoms in total. The van der Waals surface area contributed by atoms with E-state index in [4.69, 9.17) is 0 Å². The molecule has 0 spiro atoms. The maximum Gasteiger partial charge on any atom is 0.416 e. The first-order chi connectivity index (χ1) is 12.9. The van der Waals surface area contributed by atoms with Gasteiger partial charge in [0, 0.05) is 53.3 Å². The van der Waals surface area contributed by atoms with Gasteiger partial charge in [-0.3, -0.25) is 4.90 Å². The van der Waals surface area contributed by atoms with Crippen molar-refractivity contribution in [2.75, 3.05) is 6.54 Å². The number of rotatable bonds is 3. The molecule has 7 heteroatoms. The van der Waals surface area contributed by atoms with Gasteiger partial charge >= 0.3 is 6.18 Å². The molecule has 2 aromatic heterocycles. The first-order valence-corrected chi connectivity index (χ1v) is 9.50. The molecule has 3 aromatic rings. The van der Waals surface area contributed by atoms with Crippen LogP contribution >= 0.6 is 11.3 Å². The lowest BCUT2D eigenvalue weighted by molar-refractivity contribution is -0.137. The van der Waals surface area contributed by atoms with Crippen LogP contribution in [0.25, 0.3) is 10.4 Å². The fourth-order valence-electron chi connectivity index (χ4n) is 3.30. The average molecular weight is 389 g/mol. The SMILES string of the molecule is Cc1ncc2c(n1)CCN(Cc1ccc(-c3cccc(C(F)(F)F)c3)s1)C2. The summed E-state index contributed by atoms with van der Waals surface area (Å²) in [6, 6.07) is 9.41. The molecule has 27 heavy (non-hydrogen) atoms. The third kappa shape index (κ3) is 4.04. The molecule has 140 valence electrons. The van der Waals surface area contributed by atoms with Crippen molar-refractivity contribution in [2.24, 2.45) is 0 Å². The van der Waals surface area contributed by atoms with Crippen LogP contribution in [0.4, 0.5) is 13.2 Å². The zero-order chi connectivity index (χ0) is 19.0. The van der Waals surface area contributed by atoms with E-state index in [1.54, 1.807) is 17.4 Å². The van der Waals surface area contributed by atoms with Gasteiger partial charge in [-0.2, -0.15) is 13.2 Å². The van der Waals surface area contributed by atoms with Crippen LogP contribution < -0.4 is 0 Å². The average Bonchev–Trinajstić information content (AvgIpc) is 3.10. The number of halogens is 3. The number of thiophene rings is 1. The molecule has 1 aliphatic heterocycles. The quantitative estimate of drug-likeness (QED) is 0.625. The molecular weight excluding hydrogens is 371 g/mol. The number of hydrogen-bond donors (Lipinski definition) is 0. The van der Waals surface area contributed by atoms with E-state index in [2.05, 4.69) is 14.9 Å². The Bertz CT molecular complexity index is 965. The molecule has 0 radical (unpaired) electrons. The molecule has 1 aromatic carbocycles. The van der Waals surface area contributed by atoms with Crippen molar-refractivity contribution in [3.63, 3.8) is 0 Å². The van der Waals surface area contributed by atoms with Crippen molar-refractivity contribution < 1.29 is 13.2 Å². The largest absolute Gasteiger partial charge is 0.416 e.